The molecule has 1 fully saturated rings. The minimum atomic E-state index is 0.103. The van der Waals surface area contributed by atoms with Crippen molar-refractivity contribution in [1.82, 2.24) is 4.90 Å². The van der Waals surface area contributed by atoms with Gasteiger partial charge in [0.2, 0.25) is 0 Å². The molecule has 0 amide bonds. The highest BCUT2D eigenvalue weighted by atomic mass is 35.5. The number of hydrogen-bond acceptors (Lipinski definition) is 2. The van der Waals surface area contributed by atoms with Gasteiger partial charge in [-0.3, -0.25) is 0 Å². The smallest absolute Gasteiger partial charge is 0.0425 e. The lowest BCUT2D eigenvalue weighted by atomic mass is 9.72. The van der Waals surface area contributed by atoms with Crippen molar-refractivity contribution in [1.29, 1.82) is 0 Å². The number of rotatable bonds is 1. The lowest BCUT2D eigenvalue weighted by Crippen LogP contribution is -2.42. The van der Waals surface area contributed by atoms with Gasteiger partial charge in [-0.05, 0) is 56.2 Å². The molecule has 2 aliphatic heterocycles. The molecular weight excluding hydrogens is 244 g/mol. The van der Waals surface area contributed by atoms with Gasteiger partial charge in [-0.25, -0.2) is 0 Å². The number of nitrogens with one attached hydrogen (secondary N) is 1. The van der Waals surface area contributed by atoms with Crippen molar-refractivity contribution in [3.8, 4) is 0 Å². The van der Waals surface area contributed by atoms with Crippen molar-refractivity contribution < 1.29 is 0 Å². The predicted octanol–water partition coefficient (Wildman–Crippen LogP) is 3.63. The van der Waals surface area contributed by atoms with Crippen molar-refractivity contribution >= 4 is 17.3 Å². The molecule has 18 heavy (non-hydrogen) atoms. The zero-order chi connectivity index (χ0) is 12.8. The van der Waals surface area contributed by atoms with Crippen LogP contribution >= 0.6 is 11.6 Å². The Morgan fingerprint density at radius 2 is 2.11 bits per heavy atom. The van der Waals surface area contributed by atoms with Gasteiger partial charge in [0.15, 0.2) is 0 Å². The molecule has 0 bridgehead atoms. The largest absolute Gasteiger partial charge is 0.358 e. The van der Waals surface area contributed by atoms with E-state index in [-0.39, 0.29) is 5.41 Å². The molecule has 0 saturated carbocycles. The van der Waals surface area contributed by atoms with Crippen LogP contribution in [-0.2, 0) is 5.41 Å². The van der Waals surface area contributed by atoms with Gasteiger partial charge in [0.1, 0.15) is 0 Å². The van der Waals surface area contributed by atoms with Crippen LogP contribution in [-0.4, -0.2) is 24.5 Å². The van der Waals surface area contributed by atoms with E-state index in [4.69, 9.17) is 11.6 Å². The van der Waals surface area contributed by atoms with Gasteiger partial charge in [0, 0.05) is 21.8 Å². The summed E-state index contributed by atoms with van der Waals surface area (Å²) in [7, 11) is 0. The molecule has 0 aromatic heterocycles. The van der Waals surface area contributed by atoms with E-state index < -0.39 is 0 Å². The second kappa shape index (κ2) is 4.29. The summed E-state index contributed by atoms with van der Waals surface area (Å²) in [5.41, 5.74) is 3.78. The van der Waals surface area contributed by atoms with Crippen LogP contribution < -0.4 is 5.32 Å². The maximum absolute atomic E-state index is 6.16. The van der Waals surface area contributed by atoms with E-state index in [1.165, 1.54) is 11.3 Å². The molecule has 3 heteroatoms. The van der Waals surface area contributed by atoms with Gasteiger partial charge < -0.3 is 10.2 Å². The van der Waals surface area contributed by atoms with Crippen molar-refractivity contribution in [2.24, 2.45) is 0 Å². The molecule has 2 nitrogen and oxygen atoms in total. The number of benzene rings is 1. The van der Waals surface area contributed by atoms with Crippen molar-refractivity contribution in [3.05, 3.63) is 41.1 Å². The highest BCUT2D eigenvalue weighted by Crippen LogP contribution is 2.49. The van der Waals surface area contributed by atoms with E-state index in [1.807, 2.05) is 6.07 Å². The second-order valence-corrected chi connectivity index (χ2v) is 5.75. The lowest BCUT2D eigenvalue weighted by molar-refractivity contribution is 0.188. The highest BCUT2D eigenvalue weighted by molar-refractivity contribution is 6.30. The molecule has 1 spiro atoms. The van der Waals surface area contributed by atoms with Crippen molar-refractivity contribution in [3.63, 3.8) is 0 Å². The summed E-state index contributed by atoms with van der Waals surface area (Å²) in [6, 6.07) is 6.13. The molecule has 0 aliphatic carbocycles. The number of halogens is 1. The molecule has 0 unspecified atom stereocenters. The molecule has 3 rings (SSSR count). The molecular formula is C15H19ClN2. The van der Waals surface area contributed by atoms with Crippen LogP contribution in [0.4, 0.5) is 5.69 Å². The van der Waals surface area contributed by atoms with Crippen LogP contribution in [0.5, 0.6) is 0 Å². The normalized spacial score (nSPS) is 22.0. The molecule has 96 valence electrons. The molecule has 2 heterocycles. The number of nitrogens with zero attached hydrogens (tertiary/aromatic N) is 1. The third kappa shape index (κ3) is 1.67. The number of fused-ring (bicyclic) bond motifs is 2. The van der Waals surface area contributed by atoms with Crippen LogP contribution in [0.25, 0.3) is 0 Å². The lowest BCUT2D eigenvalue weighted by Gasteiger charge is -2.39. The summed E-state index contributed by atoms with van der Waals surface area (Å²) >= 11 is 6.16. The van der Waals surface area contributed by atoms with Crippen LogP contribution in [0.1, 0.15) is 25.3 Å². The minimum Gasteiger partial charge on any atom is -0.358 e. The summed E-state index contributed by atoms with van der Waals surface area (Å²) in [5, 5.41) is 4.27. The third-order valence-corrected chi connectivity index (χ3v) is 4.75. The Labute approximate surface area is 114 Å². The first-order valence-corrected chi connectivity index (χ1v) is 7.02. The topological polar surface area (TPSA) is 15.3 Å². The Hall–Kier alpha value is -0.990. The molecule has 1 N–H and O–H groups in total. The average Bonchev–Trinajstić information content (AvgIpc) is 2.64. The SMILES string of the molecule is C=C1Nc2ccc(Cl)cc2C12CCN(CC)CC2. The molecule has 1 saturated heterocycles. The molecule has 1 aromatic carbocycles. The fraction of sp³-hybridized carbons (Fsp3) is 0.467. The summed E-state index contributed by atoms with van der Waals surface area (Å²) < 4.78 is 0. The average molecular weight is 263 g/mol. The first kappa shape index (κ1) is 12.1. The maximum Gasteiger partial charge on any atom is 0.0425 e. The predicted molar refractivity (Wildman–Crippen MR) is 77.2 cm³/mol. The summed E-state index contributed by atoms with van der Waals surface area (Å²) in [6.07, 6.45) is 2.28. The first-order chi connectivity index (χ1) is 8.65. The van der Waals surface area contributed by atoms with Crippen molar-refractivity contribution in [2.75, 3.05) is 25.0 Å². The minimum absolute atomic E-state index is 0.103. The second-order valence-electron chi connectivity index (χ2n) is 5.31. The van der Waals surface area contributed by atoms with E-state index in [0.717, 1.165) is 43.2 Å². The van der Waals surface area contributed by atoms with Gasteiger partial charge in [-0.15, -0.1) is 0 Å². The zero-order valence-electron chi connectivity index (χ0n) is 10.8. The number of anilines is 1. The number of allylic oxidation sites excluding steroid dienone is 1. The molecule has 0 radical (unpaired) electrons. The summed E-state index contributed by atoms with van der Waals surface area (Å²) in [6.45, 7) is 9.90. The van der Waals surface area contributed by atoms with Gasteiger partial charge in [0.05, 0.1) is 0 Å². The monoisotopic (exact) mass is 262 g/mol. The van der Waals surface area contributed by atoms with Crippen LogP contribution in [0, 0.1) is 0 Å². The van der Waals surface area contributed by atoms with Gasteiger partial charge in [0.25, 0.3) is 0 Å². The Morgan fingerprint density at radius 3 is 2.78 bits per heavy atom. The van der Waals surface area contributed by atoms with Crippen molar-refractivity contribution in [2.45, 2.75) is 25.2 Å². The summed E-state index contributed by atoms with van der Waals surface area (Å²) in [4.78, 5) is 2.50. The van der Waals surface area contributed by atoms with Crippen LogP contribution in [0.15, 0.2) is 30.5 Å². The Balaban J connectivity index is 1.98. The summed E-state index contributed by atoms with van der Waals surface area (Å²) in [5.74, 6) is 0. The third-order valence-electron chi connectivity index (χ3n) is 4.52. The Bertz CT molecular complexity index is 487. The van der Waals surface area contributed by atoms with E-state index in [1.54, 1.807) is 0 Å². The first-order valence-electron chi connectivity index (χ1n) is 6.64. The number of likely N-dealkylation sites (tertiary alicyclic amines) is 1. The quantitative estimate of drug-likeness (QED) is 0.831. The maximum atomic E-state index is 6.16. The fourth-order valence-electron chi connectivity index (χ4n) is 3.29. The van der Waals surface area contributed by atoms with E-state index in [0.29, 0.717) is 0 Å². The van der Waals surface area contributed by atoms with Crippen LogP contribution in [0.3, 0.4) is 0 Å². The Morgan fingerprint density at radius 1 is 1.39 bits per heavy atom. The number of hydrogen-bond donors (Lipinski definition) is 1. The van der Waals surface area contributed by atoms with Gasteiger partial charge in [-0.2, -0.15) is 0 Å². The van der Waals surface area contributed by atoms with E-state index in [9.17, 15) is 0 Å². The highest BCUT2D eigenvalue weighted by Gasteiger charge is 2.44. The molecule has 0 atom stereocenters. The number of piperidine rings is 1. The van der Waals surface area contributed by atoms with Crippen LogP contribution in [0.2, 0.25) is 5.02 Å². The van der Waals surface area contributed by atoms with Gasteiger partial charge in [-0.1, -0.05) is 25.1 Å². The Kier molecular flexibility index (Phi) is 2.87. The zero-order valence-corrected chi connectivity index (χ0v) is 11.6. The molecule has 2 aliphatic rings. The fourth-order valence-corrected chi connectivity index (χ4v) is 3.46. The molecule has 1 aromatic rings. The standard InChI is InChI=1S/C15H19ClN2/c1-3-18-8-6-15(7-9-18)11(2)17-14-5-4-12(16)10-13(14)15/h4-5,10,17H,2-3,6-9H2,1H3. The van der Waals surface area contributed by atoms with E-state index in [2.05, 4.69) is 35.9 Å². The van der Waals surface area contributed by atoms with E-state index >= 15 is 0 Å². The van der Waals surface area contributed by atoms with Gasteiger partial charge >= 0.3 is 0 Å².